The van der Waals surface area contributed by atoms with Crippen LogP contribution in [0.1, 0.15) is 48.9 Å². The summed E-state index contributed by atoms with van der Waals surface area (Å²) in [5, 5.41) is 3.06. The third-order valence-corrected chi connectivity index (χ3v) is 6.05. The summed E-state index contributed by atoms with van der Waals surface area (Å²) in [6, 6.07) is 12.1. The number of amides is 1. The Balaban J connectivity index is 1.37. The number of aromatic nitrogens is 1. The SMILES string of the molecule is O=C(NCCN1CCCC1)c1cccc(-c2ccc(N3CCCCCC3)nc2)c1. The fraction of sp³-hybridized carbons (Fsp3) is 0.500. The molecule has 1 amide bonds. The van der Waals surface area contributed by atoms with Crippen molar-refractivity contribution in [2.24, 2.45) is 0 Å². The second-order valence-corrected chi connectivity index (χ2v) is 8.19. The molecule has 2 saturated heterocycles. The van der Waals surface area contributed by atoms with Crippen LogP contribution in [0.5, 0.6) is 0 Å². The van der Waals surface area contributed by atoms with E-state index in [0.29, 0.717) is 12.1 Å². The van der Waals surface area contributed by atoms with Gasteiger partial charge >= 0.3 is 0 Å². The summed E-state index contributed by atoms with van der Waals surface area (Å²) < 4.78 is 0. The Morgan fingerprint density at radius 1 is 0.897 bits per heavy atom. The Morgan fingerprint density at radius 3 is 2.38 bits per heavy atom. The van der Waals surface area contributed by atoms with Crippen molar-refractivity contribution >= 4 is 11.7 Å². The highest BCUT2D eigenvalue weighted by molar-refractivity contribution is 5.95. The van der Waals surface area contributed by atoms with E-state index in [1.807, 2.05) is 30.5 Å². The predicted octanol–water partition coefficient (Wildman–Crippen LogP) is 3.95. The average molecular weight is 393 g/mol. The molecule has 0 saturated carbocycles. The number of nitrogens with zero attached hydrogens (tertiary/aromatic N) is 3. The Labute approximate surface area is 174 Å². The van der Waals surface area contributed by atoms with Crippen molar-refractivity contribution in [2.75, 3.05) is 44.2 Å². The van der Waals surface area contributed by atoms with Gasteiger partial charge in [0.15, 0.2) is 0 Å². The third-order valence-electron chi connectivity index (χ3n) is 6.05. The lowest BCUT2D eigenvalue weighted by atomic mass is 10.0. The molecule has 2 aliphatic rings. The number of anilines is 1. The number of nitrogens with one attached hydrogen (secondary N) is 1. The largest absolute Gasteiger partial charge is 0.357 e. The molecule has 2 aromatic rings. The van der Waals surface area contributed by atoms with Crippen LogP contribution in [0.3, 0.4) is 0 Å². The Hall–Kier alpha value is -2.40. The summed E-state index contributed by atoms with van der Waals surface area (Å²) in [6.07, 6.45) is 9.63. The smallest absolute Gasteiger partial charge is 0.251 e. The number of rotatable bonds is 6. The summed E-state index contributed by atoms with van der Waals surface area (Å²) in [5.41, 5.74) is 2.79. The molecule has 4 rings (SSSR count). The van der Waals surface area contributed by atoms with E-state index in [-0.39, 0.29) is 5.91 Å². The summed E-state index contributed by atoms with van der Waals surface area (Å²) in [7, 11) is 0. The molecular weight excluding hydrogens is 360 g/mol. The first-order valence-corrected chi connectivity index (χ1v) is 11.1. The maximum atomic E-state index is 12.5. The normalized spacial score (nSPS) is 17.9. The van der Waals surface area contributed by atoms with Gasteiger partial charge in [-0.25, -0.2) is 4.98 Å². The highest BCUT2D eigenvalue weighted by Gasteiger charge is 2.13. The number of hydrogen-bond donors (Lipinski definition) is 1. The number of pyridine rings is 1. The van der Waals surface area contributed by atoms with Gasteiger partial charge in [0.25, 0.3) is 5.91 Å². The monoisotopic (exact) mass is 392 g/mol. The topological polar surface area (TPSA) is 48.5 Å². The minimum Gasteiger partial charge on any atom is -0.357 e. The first-order chi connectivity index (χ1) is 14.3. The minimum atomic E-state index is 0.000179. The van der Waals surface area contributed by atoms with Gasteiger partial charge in [0, 0.05) is 43.5 Å². The van der Waals surface area contributed by atoms with E-state index in [0.717, 1.165) is 49.7 Å². The summed E-state index contributed by atoms with van der Waals surface area (Å²) in [5.74, 6) is 1.06. The van der Waals surface area contributed by atoms with Crippen molar-refractivity contribution in [3.05, 3.63) is 48.2 Å². The Morgan fingerprint density at radius 2 is 1.66 bits per heavy atom. The van der Waals surface area contributed by atoms with Crippen LogP contribution >= 0.6 is 0 Å². The lowest BCUT2D eigenvalue weighted by Gasteiger charge is -2.21. The number of likely N-dealkylation sites (tertiary alicyclic amines) is 1. The molecule has 0 spiro atoms. The maximum absolute atomic E-state index is 12.5. The van der Waals surface area contributed by atoms with E-state index in [9.17, 15) is 4.79 Å². The molecule has 3 heterocycles. The fourth-order valence-corrected chi connectivity index (χ4v) is 4.32. The predicted molar refractivity (Wildman–Crippen MR) is 118 cm³/mol. The van der Waals surface area contributed by atoms with Gasteiger partial charge in [-0.05, 0) is 68.6 Å². The minimum absolute atomic E-state index is 0.000179. The summed E-state index contributed by atoms with van der Waals surface area (Å²) in [4.78, 5) is 22.1. The molecule has 2 aliphatic heterocycles. The highest BCUT2D eigenvalue weighted by atomic mass is 16.1. The zero-order chi connectivity index (χ0) is 19.9. The van der Waals surface area contributed by atoms with Crippen LogP contribution in [0.2, 0.25) is 0 Å². The van der Waals surface area contributed by atoms with Crippen LogP contribution in [0.4, 0.5) is 5.82 Å². The molecule has 5 heteroatoms. The lowest BCUT2D eigenvalue weighted by Crippen LogP contribution is -2.33. The number of benzene rings is 1. The van der Waals surface area contributed by atoms with Gasteiger partial charge in [0.2, 0.25) is 0 Å². The van der Waals surface area contributed by atoms with E-state index in [1.165, 1.54) is 38.5 Å². The van der Waals surface area contributed by atoms with Crippen molar-refractivity contribution in [3.8, 4) is 11.1 Å². The third kappa shape index (κ3) is 5.36. The molecule has 0 unspecified atom stereocenters. The van der Waals surface area contributed by atoms with Gasteiger partial charge < -0.3 is 15.1 Å². The first-order valence-electron chi connectivity index (χ1n) is 11.1. The van der Waals surface area contributed by atoms with Crippen molar-refractivity contribution in [3.63, 3.8) is 0 Å². The second kappa shape index (κ2) is 9.88. The molecule has 0 bridgehead atoms. The molecule has 1 aromatic heterocycles. The zero-order valence-electron chi connectivity index (χ0n) is 17.3. The molecule has 5 nitrogen and oxygen atoms in total. The van der Waals surface area contributed by atoms with E-state index >= 15 is 0 Å². The molecule has 0 aliphatic carbocycles. The first kappa shape index (κ1) is 19.9. The number of carbonyl (C=O) groups excluding carboxylic acids is 1. The van der Waals surface area contributed by atoms with Gasteiger partial charge in [-0.15, -0.1) is 0 Å². The fourth-order valence-electron chi connectivity index (χ4n) is 4.32. The van der Waals surface area contributed by atoms with E-state index in [2.05, 4.69) is 27.2 Å². The van der Waals surface area contributed by atoms with Crippen LogP contribution in [0.15, 0.2) is 42.6 Å². The van der Waals surface area contributed by atoms with E-state index < -0.39 is 0 Å². The average Bonchev–Trinajstić information content (AvgIpc) is 3.14. The van der Waals surface area contributed by atoms with E-state index in [1.54, 1.807) is 0 Å². The molecule has 1 aromatic carbocycles. The van der Waals surface area contributed by atoms with Gasteiger partial charge in [0.1, 0.15) is 5.82 Å². The summed E-state index contributed by atoms with van der Waals surface area (Å²) >= 11 is 0. The van der Waals surface area contributed by atoms with Crippen molar-refractivity contribution in [1.82, 2.24) is 15.2 Å². The molecule has 0 atom stereocenters. The standard InChI is InChI=1S/C24H32N4O/c29-24(25-12-17-27-13-5-6-14-27)21-9-7-8-20(18-21)22-10-11-23(26-19-22)28-15-3-1-2-4-16-28/h7-11,18-19H,1-6,12-17H2,(H,25,29). The number of hydrogen-bond acceptors (Lipinski definition) is 4. The van der Waals surface area contributed by atoms with Crippen LogP contribution < -0.4 is 10.2 Å². The van der Waals surface area contributed by atoms with Crippen LogP contribution in [-0.4, -0.2) is 55.1 Å². The molecule has 0 radical (unpaired) electrons. The second-order valence-electron chi connectivity index (χ2n) is 8.19. The molecule has 1 N–H and O–H groups in total. The van der Waals surface area contributed by atoms with Gasteiger partial charge in [-0.3, -0.25) is 4.79 Å². The zero-order valence-corrected chi connectivity index (χ0v) is 17.3. The van der Waals surface area contributed by atoms with Gasteiger partial charge in [-0.1, -0.05) is 25.0 Å². The van der Waals surface area contributed by atoms with Gasteiger partial charge in [-0.2, -0.15) is 0 Å². The van der Waals surface area contributed by atoms with Crippen LogP contribution in [0.25, 0.3) is 11.1 Å². The van der Waals surface area contributed by atoms with Crippen LogP contribution in [0, 0.1) is 0 Å². The molecular formula is C24H32N4O. The Kier molecular flexibility index (Phi) is 6.78. The summed E-state index contributed by atoms with van der Waals surface area (Å²) in [6.45, 7) is 6.15. The maximum Gasteiger partial charge on any atom is 0.251 e. The van der Waals surface area contributed by atoms with Crippen molar-refractivity contribution in [2.45, 2.75) is 38.5 Å². The highest BCUT2D eigenvalue weighted by Crippen LogP contribution is 2.23. The van der Waals surface area contributed by atoms with Crippen molar-refractivity contribution in [1.29, 1.82) is 0 Å². The van der Waals surface area contributed by atoms with Crippen LogP contribution in [-0.2, 0) is 0 Å². The van der Waals surface area contributed by atoms with Gasteiger partial charge in [0.05, 0.1) is 0 Å². The van der Waals surface area contributed by atoms with E-state index in [4.69, 9.17) is 4.98 Å². The molecule has 154 valence electrons. The van der Waals surface area contributed by atoms with Crippen molar-refractivity contribution < 1.29 is 4.79 Å². The Bertz CT molecular complexity index is 791. The molecule has 29 heavy (non-hydrogen) atoms. The number of carbonyl (C=O) groups is 1. The lowest BCUT2D eigenvalue weighted by molar-refractivity contribution is 0.0950. The quantitative estimate of drug-likeness (QED) is 0.809. The molecule has 2 fully saturated rings.